The van der Waals surface area contributed by atoms with Gasteiger partial charge >= 0.3 is 5.97 Å². The Morgan fingerprint density at radius 3 is 2.74 bits per heavy atom. The van der Waals surface area contributed by atoms with Crippen LogP contribution < -0.4 is 4.74 Å². The maximum atomic E-state index is 11.7. The van der Waals surface area contributed by atoms with Gasteiger partial charge in [-0.3, -0.25) is 0 Å². The summed E-state index contributed by atoms with van der Waals surface area (Å²) in [6.45, 7) is 2.68. The molecule has 1 saturated heterocycles. The van der Waals surface area contributed by atoms with Gasteiger partial charge in [0.15, 0.2) is 11.5 Å². The van der Waals surface area contributed by atoms with Crippen molar-refractivity contribution in [1.29, 1.82) is 0 Å². The van der Waals surface area contributed by atoms with Crippen LogP contribution in [0, 0.1) is 0 Å². The summed E-state index contributed by atoms with van der Waals surface area (Å²) in [4.78, 5) is 12.6. The predicted molar refractivity (Wildman–Crippen MR) is 109 cm³/mol. The number of ether oxygens (including phenoxy) is 2. The fourth-order valence-corrected chi connectivity index (χ4v) is 3.93. The number of benzene rings is 2. The molecule has 0 unspecified atom stereocenters. The molecule has 27 heavy (non-hydrogen) atoms. The zero-order chi connectivity index (χ0) is 19.4. The number of esters is 1. The second-order valence-corrected chi connectivity index (χ2v) is 7.74. The fourth-order valence-electron chi connectivity index (χ4n) is 2.66. The van der Waals surface area contributed by atoms with Gasteiger partial charge in [0.05, 0.1) is 23.3 Å². The highest BCUT2D eigenvalue weighted by atomic mass is 35.5. The number of halogens is 2. The van der Waals surface area contributed by atoms with Crippen molar-refractivity contribution in [3.8, 4) is 11.5 Å². The third-order valence-electron chi connectivity index (χ3n) is 3.97. The van der Waals surface area contributed by atoms with Crippen molar-refractivity contribution in [2.75, 3.05) is 13.2 Å². The van der Waals surface area contributed by atoms with Gasteiger partial charge in [0, 0.05) is 28.2 Å². The Bertz CT molecular complexity index is 896. The van der Waals surface area contributed by atoms with Gasteiger partial charge in [-0.2, -0.15) is 0 Å². The molecular formula is C20H18Cl2O4S. The molecule has 3 rings (SSSR count). The Labute approximate surface area is 172 Å². The second-order valence-electron chi connectivity index (χ2n) is 5.88. The largest absolute Gasteiger partial charge is 0.504 e. The number of phenols is 1. The Balaban J connectivity index is 1.88. The van der Waals surface area contributed by atoms with Crippen LogP contribution in [0.2, 0.25) is 10.0 Å². The van der Waals surface area contributed by atoms with Crippen LogP contribution in [0.25, 0.3) is 6.08 Å². The smallest absolute Gasteiger partial charge is 0.334 e. The number of aromatic hydroxyl groups is 1. The Morgan fingerprint density at radius 1 is 1.26 bits per heavy atom. The summed E-state index contributed by atoms with van der Waals surface area (Å²) in [5.41, 5.74) is 2.11. The predicted octanol–water partition coefficient (Wildman–Crippen LogP) is 5.72. The highest BCUT2D eigenvalue weighted by Gasteiger charge is 2.19. The molecule has 0 saturated carbocycles. The average molecular weight is 425 g/mol. The Morgan fingerprint density at radius 2 is 2.07 bits per heavy atom. The normalized spacial score (nSPS) is 15.2. The van der Waals surface area contributed by atoms with Gasteiger partial charge < -0.3 is 14.6 Å². The van der Waals surface area contributed by atoms with Gasteiger partial charge in [-0.1, -0.05) is 23.2 Å². The van der Waals surface area contributed by atoms with Crippen molar-refractivity contribution in [3.63, 3.8) is 0 Å². The zero-order valence-corrected chi connectivity index (χ0v) is 17.0. The van der Waals surface area contributed by atoms with E-state index in [1.165, 1.54) is 11.8 Å². The molecule has 142 valence electrons. The van der Waals surface area contributed by atoms with Gasteiger partial charge in [-0.05, 0) is 48.9 Å². The first kappa shape index (κ1) is 19.9. The molecule has 1 heterocycles. The molecular weight excluding hydrogens is 407 g/mol. The fraction of sp³-hybridized carbons (Fsp3) is 0.250. The number of carbonyl (C=O) groups excluding carboxylic acids is 1. The third-order valence-corrected chi connectivity index (χ3v) is 5.75. The summed E-state index contributed by atoms with van der Waals surface area (Å²) in [5.74, 6) is 0.696. The minimum absolute atomic E-state index is 0.0977. The Hall–Kier alpha value is -1.82. The lowest BCUT2D eigenvalue weighted by Crippen LogP contribution is -1.97. The van der Waals surface area contributed by atoms with Crippen LogP contribution in [0.3, 0.4) is 0 Å². The maximum Gasteiger partial charge on any atom is 0.334 e. The van der Waals surface area contributed by atoms with E-state index < -0.39 is 0 Å². The molecule has 0 amide bonds. The van der Waals surface area contributed by atoms with E-state index in [2.05, 4.69) is 0 Å². The standard InChI is InChI=1S/C20H18Cl2O4S/c1-2-25-18-9-12(7-13-5-6-26-20(13)24)8-14(19(18)23)11-27-15-3-4-16(21)17(22)10-15/h3-4,7-10,23H,2,5-6,11H2,1H3/b13-7+. The molecule has 4 nitrogen and oxygen atoms in total. The van der Waals surface area contributed by atoms with Crippen molar-refractivity contribution < 1.29 is 19.4 Å². The summed E-state index contributed by atoms with van der Waals surface area (Å²) in [6.07, 6.45) is 2.36. The van der Waals surface area contributed by atoms with Crippen LogP contribution in [0.5, 0.6) is 11.5 Å². The summed E-state index contributed by atoms with van der Waals surface area (Å²) in [5, 5.41) is 11.5. The average Bonchev–Trinajstić information content (AvgIpc) is 3.04. The quantitative estimate of drug-likeness (QED) is 0.365. The first-order valence-electron chi connectivity index (χ1n) is 8.42. The highest BCUT2D eigenvalue weighted by Crippen LogP contribution is 2.37. The van der Waals surface area contributed by atoms with Gasteiger partial charge in [0.25, 0.3) is 0 Å². The van der Waals surface area contributed by atoms with Crippen molar-refractivity contribution in [1.82, 2.24) is 0 Å². The second kappa shape index (κ2) is 8.91. The van der Waals surface area contributed by atoms with Crippen LogP contribution >= 0.6 is 35.0 Å². The topological polar surface area (TPSA) is 55.8 Å². The van der Waals surface area contributed by atoms with E-state index in [9.17, 15) is 9.90 Å². The molecule has 1 fully saturated rings. The summed E-state index contributed by atoms with van der Waals surface area (Å²) < 4.78 is 10.5. The SMILES string of the molecule is CCOc1cc(/C=C2\CCOC2=O)cc(CSc2ccc(Cl)c(Cl)c2)c1O. The number of cyclic esters (lactones) is 1. The first-order valence-corrected chi connectivity index (χ1v) is 10.2. The van der Waals surface area contributed by atoms with Crippen LogP contribution in [0.4, 0.5) is 0 Å². The van der Waals surface area contributed by atoms with Crippen molar-refractivity contribution >= 4 is 47.0 Å². The van der Waals surface area contributed by atoms with Gasteiger partial charge in [0.2, 0.25) is 0 Å². The molecule has 0 radical (unpaired) electrons. The van der Waals surface area contributed by atoms with E-state index in [4.69, 9.17) is 32.7 Å². The van der Waals surface area contributed by atoms with Crippen molar-refractivity contribution in [3.05, 3.63) is 57.1 Å². The number of hydrogen-bond donors (Lipinski definition) is 1. The molecule has 0 atom stereocenters. The van der Waals surface area contributed by atoms with Gasteiger partial charge in [0.1, 0.15) is 0 Å². The molecule has 0 spiro atoms. The Kier molecular flexibility index (Phi) is 6.58. The minimum atomic E-state index is -0.298. The number of hydrogen-bond acceptors (Lipinski definition) is 5. The molecule has 0 bridgehead atoms. The zero-order valence-electron chi connectivity index (χ0n) is 14.6. The van der Waals surface area contributed by atoms with Crippen LogP contribution in [-0.2, 0) is 15.3 Å². The molecule has 2 aromatic rings. The van der Waals surface area contributed by atoms with E-state index in [1.54, 1.807) is 24.3 Å². The molecule has 0 aliphatic carbocycles. The molecule has 1 N–H and O–H groups in total. The number of carbonyl (C=O) groups is 1. The molecule has 2 aromatic carbocycles. The number of thioether (sulfide) groups is 1. The lowest BCUT2D eigenvalue weighted by Gasteiger charge is -2.12. The number of rotatable bonds is 6. The van der Waals surface area contributed by atoms with E-state index in [0.29, 0.717) is 52.3 Å². The first-order chi connectivity index (χ1) is 13.0. The molecule has 1 aliphatic rings. The third kappa shape index (κ3) is 4.92. The van der Waals surface area contributed by atoms with Crippen LogP contribution in [0.15, 0.2) is 40.8 Å². The van der Waals surface area contributed by atoms with Gasteiger partial charge in [-0.15, -0.1) is 11.8 Å². The lowest BCUT2D eigenvalue weighted by atomic mass is 10.1. The van der Waals surface area contributed by atoms with E-state index in [1.807, 2.05) is 19.1 Å². The summed E-state index contributed by atoms with van der Waals surface area (Å²) in [7, 11) is 0. The highest BCUT2D eigenvalue weighted by molar-refractivity contribution is 7.98. The van der Waals surface area contributed by atoms with Gasteiger partial charge in [-0.25, -0.2) is 4.79 Å². The molecule has 7 heteroatoms. The maximum absolute atomic E-state index is 11.7. The number of phenolic OH excluding ortho intramolecular Hbond substituents is 1. The molecule has 1 aliphatic heterocycles. The summed E-state index contributed by atoms with van der Waals surface area (Å²) in [6, 6.07) is 8.98. The summed E-state index contributed by atoms with van der Waals surface area (Å²) >= 11 is 13.5. The lowest BCUT2D eigenvalue weighted by molar-refractivity contribution is -0.134. The molecule has 0 aromatic heterocycles. The van der Waals surface area contributed by atoms with Crippen molar-refractivity contribution in [2.45, 2.75) is 24.0 Å². The van der Waals surface area contributed by atoms with Crippen LogP contribution in [0.1, 0.15) is 24.5 Å². The van der Waals surface area contributed by atoms with Crippen molar-refractivity contribution in [2.24, 2.45) is 0 Å². The van der Waals surface area contributed by atoms with E-state index in [0.717, 1.165) is 10.5 Å². The van der Waals surface area contributed by atoms with E-state index in [-0.39, 0.29) is 11.7 Å². The van der Waals surface area contributed by atoms with Crippen LogP contribution in [-0.4, -0.2) is 24.3 Å². The minimum Gasteiger partial charge on any atom is -0.504 e. The monoisotopic (exact) mass is 424 g/mol. The van der Waals surface area contributed by atoms with E-state index >= 15 is 0 Å².